The maximum Gasteiger partial charge on any atom is 0.272 e. The van der Waals surface area contributed by atoms with Crippen LogP contribution in [0.3, 0.4) is 0 Å². The molecule has 1 aromatic heterocycles. The highest BCUT2D eigenvalue weighted by Gasteiger charge is 2.15. The molecule has 0 radical (unpaired) electrons. The van der Waals surface area contributed by atoms with Crippen LogP contribution in [-0.2, 0) is 0 Å². The number of hydrogen-bond donors (Lipinski definition) is 1. The van der Waals surface area contributed by atoms with Crippen LogP contribution in [0.25, 0.3) is 10.8 Å². The SMILES string of the molecule is CC(C)CN(CC(C)C)c1n[nH]c(=O)c2ccccc12. The van der Waals surface area contributed by atoms with E-state index in [-0.39, 0.29) is 5.56 Å². The van der Waals surface area contributed by atoms with Gasteiger partial charge in [-0.15, -0.1) is 0 Å². The quantitative estimate of drug-likeness (QED) is 0.911. The molecule has 0 aliphatic rings. The predicted molar refractivity (Wildman–Crippen MR) is 84.3 cm³/mol. The summed E-state index contributed by atoms with van der Waals surface area (Å²) in [7, 11) is 0. The lowest BCUT2D eigenvalue weighted by atomic mass is 10.1. The normalized spacial score (nSPS) is 11.5. The zero-order valence-corrected chi connectivity index (χ0v) is 12.7. The maximum atomic E-state index is 11.9. The van der Waals surface area contributed by atoms with E-state index in [1.165, 1.54) is 0 Å². The third kappa shape index (κ3) is 3.18. The molecular formula is C16H23N3O. The van der Waals surface area contributed by atoms with Gasteiger partial charge in [0.25, 0.3) is 5.56 Å². The molecule has 2 rings (SSSR count). The molecule has 20 heavy (non-hydrogen) atoms. The Labute approximate surface area is 119 Å². The first-order valence-corrected chi connectivity index (χ1v) is 7.21. The van der Waals surface area contributed by atoms with E-state index in [1.807, 2.05) is 24.3 Å². The second-order valence-electron chi connectivity index (χ2n) is 6.11. The number of benzene rings is 1. The molecule has 0 unspecified atom stereocenters. The fourth-order valence-corrected chi connectivity index (χ4v) is 2.47. The van der Waals surface area contributed by atoms with Crippen LogP contribution in [0.4, 0.5) is 5.82 Å². The lowest BCUT2D eigenvalue weighted by molar-refractivity contribution is 0.548. The van der Waals surface area contributed by atoms with Crippen molar-refractivity contribution in [1.82, 2.24) is 10.2 Å². The summed E-state index contributed by atoms with van der Waals surface area (Å²) in [6, 6.07) is 7.66. The van der Waals surface area contributed by atoms with Crippen molar-refractivity contribution in [3.8, 4) is 0 Å². The zero-order chi connectivity index (χ0) is 14.7. The van der Waals surface area contributed by atoms with Gasteiger partial charge >= 0.3 is 0 Å². The van der Waals surface area contributed by atoms with Crippen molar-refractivity contribution in [3.05, 3.63) is 34.6 Å². The van der Waals surface area contributed by atoms with Gasteiger partial charge in [0, 0.05) is 18.5 Å². The monoisotopic (exact) mass is 273 g/mol. The Morgan fingerprint density at radius 1 is 1.05 bits per heavy atom. The van der Waals surface area contributed by atoms with Gasteiger partial charge in [0.15, 0.2) is 5.82 Å². The summed E-state index contributed by atoms with van der Waals surface area (Å²) in [5.41, 5.74) is -0.126. The number of fused-ring (bicyclic) bond motifs is 1. The van der Waals surface area contributed by atoms with E-state index in [9.17, 15) is 4.79 Å². The van der Waals surface area contributed by atoms with Crippen LogP contribution in [0.2, 0.25) is 0 Å². The number of hydrogen-bond acceptors (Lipinski definition) is 3. The summed E-state index contributed by atoms with van der Waals surface area (Å²) < 4.78 is 0. The molecule has 0 aliphatic carbocycles. The molecular weight excluding hydrogens is 250 g/mol. The largest absolute Gasteiger partial charge is 0.354 e. The predicted octanol–water partition coefficient (Wildman–Crippen LogP) is 3.04. The molecule has 4 nitrogen and oxygen atoms in total. The number of aromatic nitrogens is 2. The second kappa shape index (κ2) is 6.07. The van der Waals surface area contributed by atoms with Crippen LogP contribution in [0.1, 0.15) is 27.7 Å². The van der Waals surface area contributed by atoms with Crippen LogP contribution in [0.5, 0.6) is 0 Å². The van der Waals surface area contributed by atoms with Gasteiger partial charge in [-0.25, -0.2) is 5.10 Å². The van der Waals surface area contributed by atoms with Gasteiger partial charge in [-0.1, -0.05) is 45.9 Å². The summed E-state index contributed by atoms with van der Waals surface area (Å²) in [4.78, 5) is 14.1. The molecule has 0 atom stereocenters. The Hall–Kier alpha value is -1.84. The van der Waals surface area contributed by atoms with Gasteiger partial charge in [0.2, 0.25) is 0 Å². The number of aromatic amines is 1. The molecule has 0 saturated heterocycles. The summed E-state index contributed by atoms with van der Waals surface area (Å²) in [5.74, 6) is 1.96. The molecule has 0 saturated carbocycles. The molecule has 0 amide bonds. The van der Waals surface area contributed by atoms with Crippen molar-refractivity contribution in [2.75, 3.05) is 18.0 Å². The van der Waals surface area contributed by atoms with E-state index in [1.54, 1.807) is 0 Å². The van der Waals surface area contributed by atoms with Gasteiger partial charge in [0.05, 0.1) is 5.39 Å². The number of anilines is 1. The van der Waals surface area contributed by atoms with Crippen LogP contribution in [0, 0.1) is 11.8 Å². The summed E-state index contributed by atoms with van der Waals surface area (Å²) in [6.45, 7) is 10.6. The molecule has 2 aromatic rings. The van der Waals surface area contributed by atoms with Crippen LogP contribution >= 0.6 is 0 Å². The Balaban J connectivity index is 2.52. The number of rotatable bonds is 5. The van der Waals surface area contributed by atoms with E-state index in [0.717, 1.165) is 24.3 Å². The highest BCUT2D eigenvalue weighted by Crippen LogP contribution is 2.23. The third-order valence-electron chi connectivity index (χ3n) is 3.15. The minimum absolute atomic E-state index is 0.126. The molecule has 0 spiro atoms. The van der Waals surface area contributed by atoms with Gasteiger partial charge in [-0.05, 0) is 17.9 Å². The fraction of sp³-hybridized carbons (Fsp3) is 0.500. The van der Waals surface area contributed by atoms with Crippen molar-refractivity contribution in [2.45, 2.75) is 27.7 Å². The van der Waals surface area contributed by atoms with E-state index in [0.29, 0.717) is 17.2 Å². The van der Waals surface area contributed by atoms with Crippen LogP contribution < -0.4 is 10.5 Å². The first kappa shape index (κ1) is 14.6. The molecule has 0 aliphatic heterocycles. The molecule has 4 heteroatoms. The van der Waals surface area contributed by atoms with Gasteiger partial charge in [-0.2, -0.15) is 5.10 Å². The standard InChI is InChI=1S/C16H23N3O/c1-11(2)9-19(10-12(3)4)15-13-7-5-6-8-14(13)16(20)18-17-15/h5-8,11-12H,9-10H2,1-4H3,(H,18,20). The second-order valence-corrected chi connectivity index (χ2v) is 6.11. The lowest BCUT2D eigenvalue weighted by Crippen LogP contribution is -2.33. The zero-order valence-electron chi connectivity index (χ0n) is 12.7. The first-order chi connectivity index (χ1) is 9.49. The van der Waals surface area contributed by atoms with Crippen molar-refractivity contribution < 1.29 is 0 Å². The molecule has 0 fully saturated rings. The average Bonchev–Trinajstić information content (AvgIpc) is 2.37. The molecule has 1 N–H and O–H groups in total. The lowest BCUT2D eigenvalue weighted by Gasteiger charge is -2.28. The minimum atomic E-state index is -0.126. The molecule has 0 bridgehead atoms. The minimum Gasteiger partial charge on any atom is -0.354 e. The Kier molecular flexibility index (Phi) is 4.42. The summed E-state index contributed by atoms with van der Waals surface area (Å²) in [6.07, 6.45) is 0. The van der Waals surface area contributed by atoms with Crippen molar-refractivity contribution in [2.24, 2.45) is 11.8 Å². The smallest absolute Gasteiger partial charge is 0.272 e. The highest BCUT2D eigenvalue weighted by molar-refractivity contribution is 5.91. The molecule has 1 heterocycles. The summed E-state index contributed by atoms with van der Waals surface area (Å²) in [5, 5.41) is 8.56. The van der Waals surface area contributed by atoms with E-state index >= 15 is 0 Å². The molecule has 108 valence electrons. The van der Waals surface area contributed by atoms with Crippen LogP contribution in [0.15, 0.2) is 29.1 Å². The van der Waals surface area contributed by atoms with Crippen molar-refractivity contribution in [1.29, 1.82) is 0 Å². The average molecular weight is 273 g/mol. The van der Waals surface area contributed by atoms with Crippen molar-refractivity contribution in [3.63, 3.8) is 0 Å². The van der Waals surface area contributed by atoms with Gasteiger partial charge in [-0.3, -0.25) is 4.79 Å². The Morgan fingerprint density at radius 2 is 1.60 bits per heavy atom. The highest BCUT2D eigenvalue weighted by atomic mass is 16.1. The third-order valence-corrected chi connectivity index (χ3v) is 3.15. The van der Waals surface area contributed by atoms with E-state index in [4.69, 9.17) is 0 Å². The Bertz CT molecular complexity index is 621. The van der Waals surface area contributed by atoms with Gasteiger partial charge < -0.3 is 4.90 Å². The Morgan fingerprint density at radius 3 is 2.15 bits per heavy atom. The molecule has 1 aromatic carbocycles. The van der Waals surface area contributed by atoms with Crippen LogP contribution in [-0.4, -0.2) is 23.3 Å². The number of nitrogens with zero attached hydrogens (tertiary/aromatic N) is 2. The van der Waals surface area contributed by atoms with Crippen molar-refractivity contribution >= 4 is 16.6 Å². The van der Waals surface area contributed by atoms with Gasteiger partial charge in [0.1, 0.15) is 0 Å². The van der Waals surface area contributed by atoms with E-state index < -0.39 is 0 Å². The van der Waals surface area contributed by atoms with E-state index in [2.05, 4.69) is 42.8 Å². The topological polar surface area (TPSA) is 49.0 Å². The maximum absolute atomic E-state index is 11.9. The fourth-order valence-electron chi connectivity index (χ4n) is 2.47. The number of H-pyrrole nitrogens is 1. The number of nitrogens with one attached hydrogen (secondary N) is 1. The summed E-state index contributed by atoms with van der Waals surface area (Å²) >= 11 is 0. The first-order valence-electron chi connectivity index (χ1n) is 7.21.